The second-order valence-corrected chi connectivity index (χ2v) is 12.4. The average molecular weight is 702 g/mol. The van der Waals surface area contributed by atoms with Gasteiger partial charge in [-0.1, -0.05) is 41.9 Å². The normalized spacial score (nSPS) is 22.3. The number of piperidine rings is 1. The van der Waals surface area contributed by atoms with E-state index in [0.29, 0.717) is 5.56 Å². The molecular weight excluding hydrogens is 673 g/mol. The number of aliphatic carboxylic acids is 1. The Morgan fingerprint density at radius 1 is 1.12 bits per heavy atom. The number of hydrogen-bond acceptors (Lipinski definition) is 7. The van der Waals surface area contributed by atoms with E-state index in [1.807, 2.05) is 0 Å². The fourth-order valence-electron chi connectivity index (χ4n) is 6.15. The molecule has 3 heterocycles. The topological polar surface area (TPSA) is 163 Å². The third kappa shape index (κ3) is 7.29. The van der Waals surface area contributed by atoms with E-state index in [4.69, 9.17) is 16.3 Å². The highest BCUT2D eigenvalue weighted by atomic mass is 35.5. The minimum Gasteiger partial charge on any atom is -0.480 e. The first-order valence-corrected chi connectivity index (χ1v) is 15.1. The van der Waals surface area contributed by atoms with Crippen molar-refractivity contribution >= 4 is 41.3 Å². The number of alkyl carbamates (subject to hydrolysis) is 1. The minimum atomic E-state index is -5.02. The van der Waals surface area contributed by atoms with Gasteiger partial charge in [-0.2, -0.15) is 18.3 Å². The minimum absolute atomic E-state index is 0.0215. The van der Waals surface area contributed by atoms with Gasteiger partial charge in [0.05, 0.1) is 34.6 Å². The summed E-state index contributed by atoms with van der Waals surface area (Å²) >= 11 is 6.37. The summed E-state index contributed by atoms with van der Waals surface area (Å²) in [4.78, 5) is 54.4. The third-order valence-corrected chi connectivity index (χ3v) is 9.08. The van der Waals surface area contributed by atoms with E-state index in [1.165, 1.54) is 12.3 Å². The SMILES string of the molecule is O=C(N[C@H](c1cn2nc(CC3(C(=O)O)C[C@@H](C(F)(F)F)CN(C(=O)O)C3=O)c(Cl)cc2n1)C1CCC(F)(F)CC1)OCc1ccccc1. The molecule has 3 atom stereocenters. The first kappa shape index (κ1) is 34.8. The number of aromatic nitrogens is 3. The molecule has 1 aromatic carbocycles. The van der Waals surface area contributed by atoms with E-state index in [2.05, 4.69) is 15.4 Å². The fourth-order valence-corrected chi connectivity index (χ4v) is 6.36. The predicted molar refractivity (Wildman–Crippen MR) is 155 cm³/mol. The average Bonchev–Trinajstić information content (AvgIpc) is 3.42. The van der Waals surface area contributed by atoms with Crippen LogP contribution >= 0.6 is 11.6 Å². The Balaban J connectivity index is 1.47. The van der Waals surface area contributed by atoms with Crippen molar-refractivity contribution in [3.05, 3.63) is 64.6 Å². The number of halogens is 6. The summed E-state index contributed by atoms with van der Waals surface area (Å²) in [7, 11) is 0. The van der Waals surface area contributed by atoms with E-state index in [-0.39, 0.29) is 46.4 Å². The quantitative estimate of drug-likeness (QED) is 0.192. The van der Waals surface area contributed by atoms with Gasteiger partial charge in [-0.05, 0) is 30.7 Å². The van der Waals surface area contributed by atoms with E-state index in [1.54, 1.807) is 30.3 Å². The molecule has 48 heavy (non-hydrogen) atoms. The molecule has 2 fully saturated rings. The number of carboxylic acid groups (broad SMARTS) is 2. The highest BCUT2D eigenvalue weighted by molar-refractivity contribution is 6.31. The molecule has 3 aromatic rings. The smallest absolute Gasteiger partial charge is 0.414 e. The molecule has 0 spiro atoms. The van der Waals surface area contributed by atoms with Gasteiger partial charge in [0.2, 0.25) is 11.8 Å². The lowest BCUT2D eigenvalue weighted by atomic mass is 9.71. The van der Waals surface area contributed by atoms with Crippen molar-refractivity contribution in [3.63, 3.8) is 0 Å². The molecule has 1 saturated heterocycles. The molecule has 0 bridgehead atoms. The van der Waals surface area contributed by atoms with Crippen molar-refractivity contribution in [1.82, 2.24) is 24.8 Å². The monoisotopic (exact) mass is 701 g/mol. The van der Waals surface area contributed by atoms with Crippen molar-refractivity contribution < 1.29 is 56.1 Å². The van der Waals surface area contributed by atoms with Crippen molar-refractivity contribution in [3.8, 4) is 0 Å². The first-order chi connectivity index (χ1) is 22.5. The lowest BCUT2D eigenvalue weighted by Gasteiger charge is -2.41. The highest BCUT2D eigenvalue weighted by Gasteiger charge is 2.60. The Kier molecular flexibility index (Phi) is 9.54. The van der Waals surface area contributed by atoms with E-state index >= 15 is 0 Å². The first-order valence-electron chi connectivity index (χ1n) is 14.7. The molecule has 5 rings (SSSR count). The van der Waals surface area contributed by atoms with Crippen LogP contribution in [0.1, 0.15) is 55.1 Å². The van der Waals surface area contributed by atoms with Gasteiger partial charge in [-0.25, -0.2) is 32.8 Å². The number of hydrogen-bond donors (Lipinski definition) is 3. The molecule has 2 aliphatic rings. The van der Waals surface area contributed by atoms with Crippen LogP contribution in [0.25, 0.3) is 5.65 Å². The number of nitrogens with one attached hydrogen (secondary N) is 1. The molecule has 2 aromatic heterocycles. The number of ether oxygens (including phenoxy) is 1. The second-order valence-electron chi connectivity index (χ2n) is 12.0. The van der Waals surface area contributed by atoms with E-state index < -0.39 is 91.7 Å². The maximum atomic E-state index is 14.0. The van der Waals surface area contributed by atoms with Gasteiger partial charge >= 0.3 is 24.3 Å². The number of nitrogens with zero attached hydrogens (tertiary/aromatic N) is 4. The summed E-state index contributed by atoms with van der Waals surface area (Å²) in [6.45, 7) is -1.35. The lowest BCUT2D eigenvalue weighted by Crippen LogP contribution is -2.60. The van der Waals surface area contributed by atoms with Gasteiger partial charge < -0.3 is 20.3 Å². The molecule has 3 N–H and O–H groups in total. The molecule has 12 nitrogen and oxygen atoms in total. The number of fused-ring (bicyclic) bond motifs is 1. The largest absolute Gasteiger partial charge is 0.480 e. The number of carbonyl (C=O) groups excluding carboxylic acids is 2. The van der Waals surface area contributed by atoms with Crippen LogP contribution in [0.15, 0.2) is 42.6 Å². The van der Waals surface area contributed by atoms with Crippen molar-refractivity contribution in [2.75, 3.05) is 6.54 Å². The fraction of sp³-hybridized carbons (Fsp3) is 0.467. The second kappa shape index (κ2) is 13.2. The van der Waals surface area contributed by atoms with E-state index in [9.17, 15) is 51.3 Å². The summed E-state index contributed by atoms with van der Waals surface area (Å²) in [5.41, 5.74) is -2.34. The maximum Gasteiger partial charge on any atom is 0.414 e. The number of alkyl halides is 5. The van der Waals surface area contributed by atoms with Crippen LogP contribution in [0.2, 0.25) is 5.02 Å². The number of carbonyl (C=O) groups is 4. The summed E-state index contributed by atoms with van der Waals surface area (Å²) in [6, 6.07) is 9.02. The Labute approximate surface area is 273 Å². The van der Waals surface area contributed by atoms with Crippen molar-refractivity contribution in [2.45, 2.75) is 63.3 Å². The van der Waals surface area contributed by atoms with Crippen LogP contribution in [0, 0.1) is 17.3 Å². The third-order valence-electron chi connectivity index (χ3n) is 8.76. The van der Waals surface area contributed by atoms with Gasteiger partial charge in [0, 0.05) is 31.9 Å². The molecule has 258 valence electrons. The zero-order valence-corrected chi connectivity index (χ0v) is 25.7. The van der Waals surface area contributed by atoms with Crippen LogP contribution in [0.4, 0.5) is 31.5 Å². The number of rotatable bonds is 8. The Bertz CT molecular complexity index is 1710. The Hall–Kier alpha value is -4.54. The standard InChI is InChI=1S/C30H29ClF5N5O7/c31-19-10-22-37-21(23(17-6-8-29(32,33)9-7-17)38-26(45)48-15-16-4-2-1-3-5-16)14-41(22)39-20(19)12-28(25(43)44)11-18(30(34,35)36)13-40(24(28)42)27(46)47/h1-5,10,14,17-18,23H,6-9,11-13,15H2,(H,38,45)(H,43,44)(H,46,47)/t18-,23+,28?/m1/s1. The highest BCUT2D eigenvalue weighted by Crippen LogP contribution is 2.45. The number of likely N-dealkylation sites (tertiary alicyclic amines) is 1. The number of imide groups is 1. The lowest BCUT2D eigenvalue weighted by molar-refractivity contribution is -0.203. The summed E-state index contributed by atoms with van der Waals surface area (Å²) < 4.78 is 75.8. The summed E-state index contributed by atoms with van der Waals surface area (Å²) in [5.74, 6) is -9.43. The molecule has 1 aliphatic carbocycles. The molecule has 1 aliphatic heterocycles. The number of carboxylic acids is 1. The number of benzene rings is 1. The molecule has 1 unspecified atom stereocenters. The molecule has 3 amide bonds. The predicted octanol–water partition coefficient (Wildman–Crippen LogP) is 5.88. The molecule has 0 radical (unpaired) electrons. The van der Waals surface area contributed by atoms with Crippen LogP contribution in [0.5, 0.6) is 0 Å². The molecule has 18 heteroatoms. The van der Waals surface area contributed by atoms with Gasteiger partial charge in [0.15, 0.2) is 11.1 Å². The van der Waals surface area contributed by atoms with Crippen molar-refractivity contribution in [1.29, 1.82) is 0 Å². The van der Waals surface area contributed by atoms with E-state index in [0.717, 1.165) is 4.52 Å². The number of imidazole rings is 1. The maximum absolute atomic E-state index is 14.0. The van der Waals surface area contributed by atoms with Crippen LogP contribution < -0.4 is 5.32 Å². The summed E-state index contributed by atoms with van der Waals surface area (Å²) in [6.07, 6.45) is -9.70. The molecular formula is C30H29ClF5N5O7. The van der Waals surface area contributed by atoms with Crippen molar-refractivity contribution in [2.24, 2.45) is 17.3 Å². The number of amides is 3. The Morgan fingerprint density at radius 3 is 2.40 bits per heavy atom. The van der Waals surface area contributed by atoms with Gasteiger partial charge in [-0.3, -0.25) is 9.59 Å². The van der Waals surface area contributed by atoms with Gasteiger partial charge in [0.1, 0.15) is 6.61 Å². The molecule has 1 saturated carbocycles. The Morgan fingerprint density at radius 2 is 1.79 bits per heavy atom. The van der Waals surface area contributed by atoms with Crippen LogP contribution in [0.3, 0.4) is 0 Å². The van der Waals surface area contributed by atoms with Gasteiger partial charge in [-0.15, -0.1) is 0 Å². The summed E-state index contributed by atoms with van der Waals surface area (Å²) in [5, 5.41) is 26.1. The zero-order chi connectivity index (χ0) is 35.0. The van der Waals surface area contributed by atoms with Crippen LogP contribution in [-0.2, 0) is 27.4 Å². The van der Waals surface area contributed by atoms with Gasteiger partial charge in [0.25, 0.3) is 0 Å². The van der Waals surface area contributed by atoms with Crippen LogP contribution in [-0.4, -0.2) is 72.4 Å². The zero-order valence-electron chi connectivity index (χ0n) is 24.9.